The van der Waals surface area contributed by atoms with E-state index >= 15 is 0 Å². The quantitative estimate of drug-likeness (QED) is 0.105. The molecule has 37 heavy (non-hydrogen) atoms. The molecule has 0 saturated carbocycles. The summed E-state index contributed by atoms with van der Waals surface area (Å²) >= 11 is 6.09. The number of fused-ring (bicyclic) bond motifs is 3. The number of halogens is 1. The Morgan fingerprint density at radius 2 is 1.73 bits per heavy atom. The van der Waals surface area contributed by atoms with Gasteiger partial charge in [-0.05, 0) is 43.7 Å². The predicted octanol–water partition coefficient (Wildman–Crippen LogP) is 7.61. The summed E-state index contributed by atoms with van der Waals surface area (Å²) in [5.41, 5.74) is 3.94. The molecule has 0 aliphatic heterocycles. The van der Waals surface area contributed by atoms with Crippen LogP contribution in [0.2, 0.25) is 0 Å². The lowest BCUT2D eigenvalue weighted by molar-refractivity contribution is 0.0530. The van der Waals surface area contributed by atoms with E-state index < -0.39 is 5.97 Å². The summed E-state index contributed by atoms with van der Waals surface area (Å²) in [6.07, 6.45) is 1.90. The Balaban J connectivity index is 1.69. The number of rotatable bonds is 8. The van der Waals surface area contributed by atoms with Gasteiger partial charge in [-0.2, -0.15) is 0 Å². The minimum Gasteiger partial charge on any atom is -0.462 e. The standard InChI is InChI=1S/C29H22BrNO4S2/c1-3-35-28(34)23-21-15-17(2)13-14-31(21)25-24(23)27(26(33)19-7-5-4-6-8-19)37-29(25)36-16-22(32)18-9-11-20(30)12-10-18/h4-15H,3,16H2,1-2H3. The number of ketones is 2. The summed E-state index contributed by atoms with van der Waals surface area (Å²) in [4.78, 5) is 40.4. The Morgan fingerprint density at radius 3 is 2.43 bits per heavy atom. The van der Waals surface area contributed by atoms with Crippen molar-refractivity contribution >= 4 is 73.0 Å². The fraction of sp³-hybridized carbons (Fsp3) is 0.138. The molecule has 2 aromatic carbocycles. The first-order valence-corrected chi connectivity index (χ1v) is 14.2. The molecular formula is C29H22BrNO4S2. The molecule has 0 atom stereocenters. The van der Waals surface area contributed by atoms with Crippen molar-refractivity contribution in [3.8, 4) is 0 Å². The van der Waals surface area contributed by atoms with E-state index in [1.54, 1.807) is 31.2 Å². The van der Waals surface area contributed by atoms with E-state index in [2.05, 4.69) is 15.9 Å². The molecule has 0 radical (unpaired) electrons. The molecule has 0 bridgehead atoms. The van der Waals surface area contributed by atoms with Gasteiger partial charge in [0.1, 0.15) is 0 Å². The van der Waals surface area contributed by atoms with Crippen molar-refractivity contribution in [3.63, 3.8) is 0 Å². The van der Waals surface area contributed by atoms with Crippen molar-refractivity contribution in [2.24, 2.45) is 0 Å². The molecule has 0 aliphatic carbocycles. The lowest BCUT2D eigenvalue weighted by Gasteiger charge is -2.05. The summed E-state index contributed by atoms with van der Waals surface area (Å²) in [5.74, 6) is -0.454. The maximum Gasteiger partial charge on any atom is 0.341 e. The number of hydrogen-bond donors (Lipinski definition) is 0. The van der Waals surface area contributed by atoms with Gasteiger partial charge in [-0.1, -0.05) is 58.4 Å². The number of thiophene rings is 1. The maximum absolute atomic E-state index is 13.7. The third-order valence-corrected chi connectivity index (χ3v) is 8.90. The van der Waals surface area contributed by atoms with E-state index in [1.807, 2.05) is 60.0 Å². The zero-order valence-corrected chi connectivity index (χ0v) is 23.3. The Hall–Kier alpha value is -3.20. The topological polar surface area (TPSA) is 64.9 Å². The molecule has 0 unspecified atom stereocenters. The van der Waals surface area contributed by atoms with Gasteiger partial charge >= 0.3 is 5.97 Å². The van der Waals surface area contributed by atoms with Crippen LogP contribution in [-0.2, 0) is 4.74 Å². The number of carbonyl (C=O) groups is 3. The highest BCUT2D eigenvalue weighted by molar-refractivity contribution is 9.10. The number of benzene rings is 2. The summed E-state index contributed by atoms with van der Waals surface area (Å²) in [7, 11) is 0. The largest absolute Gasteiger partial charge is 0.462 e. The van der Waals surface area contributed by atoms with Crippen LogP contribution in [0.4, 0.5) is 0 Å². The Labute approximate surface area is 230 Å². The normalized spacial score (nSPS) is 11.2. The monoisotopic (exact) mass is 591 g/mol. The lowest BCUT2D eigenvalue weighted by atomic mass is 10.1. The third-order valence-electron chi connectivity index (χ3n) is 5.93. The van der Waals surface area contributed by atoms with Crippen LogP contribution in [0.25, 0.3) is 16.4 Å². The summed E-state index contributed by atoms with van der Waals surface area (Å²) in [5, 5.41) is 0.571. The fourth-order valence-corrected chi connectivity index (χ4v) is 6.90. The van der Waals surface area contributed by atoms with Gasteiger partial charge in [-0.3, -0.25) is 9.59 Å². The predicted molar refractivity (Wildman–Crippen MR) is 153 cm³/mol. The zero-order valence-electron chi connectivity index (χ0n) is 20.1. The first-order valence-electron chi connectivity index (χ1n) is 11.6. The van der Waals surface area contributed by atoms with E-state index in [-0.39, 0.29) is 23.9 Å². The number of esters is 1. The van der Waals surface area contributed by atoms with Crippen LogP contribution < -0.4 is 0 Å². The fourth-order valence-electron chi connectivity index (χ4n) is 4.21. The Morgan fingerprint density at radius 1 is 1.00 bits per heavy atom. The molecule has 5 nitrogen and oxygen atoms in total. The van der Waals surface area contributed by atoms with Gasteiger partial charge in [0.15, 0.2) is 5.78 Å². The van der Waals surface area contributed by atoms with Crippen LogP contribution in [0, 0.1) is 6.92 Å². The van der Waals surface area contributed by atoms with Crippen LogP contribution in [0.3, 0.4) is 0 Å². The Kier molecular flexibility index (Phi) is 7.33. The van der Waals surface area contributed by atoms with Crippen molar-refractivity contribution in [3.05, 3.63) is 105 Å². The van der Waals surface area contributed by atoms with E-state index in [4.69, 9.17) is 4.74 Å². The highest BCUT2D eigenvalue weighted by Crippen LogP contribution is 2.44. The van der Waals surface area contributed by atoms with Crippen LogP contribution >= 0.6 is 39.0 Å². The van der Waals surface area contributed by atoms with Crippen molar-refractivity contribution in [2.75, 3.05) is 12.4 Å². The number of Topliss-reactive ketones (excluding diaryl/α,β-unsaturated/α-hetero) is 1. The van der Waals surface area contributed by atoms with E-state index in [1.165, 1.54) is 23.1 Å². The van der Waals surface area contributed by atoms with Crippen molar-refractivity contribution in [1.82, 2.24) is 4.40 Å². The van der Waals surface area contributed by atoms with Crippen molar-refractivity contribution in [2.45, 2.75) is 18.1 Å². The van der Waals surface area contributed by atoms with E-state index in [0.29, 0.717) is 32.5 Å². The molecule has 0 N–H and O–H groups in total. The van der Waals surface area contributed by atoms with Crippen molar-refractivity contribution < 1.29 is 19.1 Å². The van der Waals surface area contributed by atoms with Gasteiger partial charge in [0.2, 0.25) is 5.78 Å². The molecule has 3 heterocycles. The summed E-state index contributed by atoms with van der Waals surface area (Å²) < 4.78 is 9.07. The second-order valence-corrected chi connectivity index (χ2v) is 11.6. The average Bonchev–Trinajstić information content (AvgIpc) is 3.43. The summed E-state index contributed by atoms with van der Waals surface area (Å²) in [6.45, 7) is 3.94. The lowest BCUT2D eigenvalue weighted by Crippen LogP contribution is -2.06. The molecule has 186 valence electrons. The molecule has 0 saturated heterocycles. The number of ether oxygens (including phenoxy) is 1. The second kappa shape index (κ2) is 10.7. The van der Waals surface area contributed by atoms with Gasteiger partial charge < -0.3 is 9.14 Å². The second-order valence-electron chi connectivity index (χ2n) is 8.41. The molecule has 3 aromatic heterocycles. The average molecular weight is 593 g/mol. The molecule has 8 heteroatoms. The summed E-state index contributed by atoms with van der Waals surface area (Å²) in [6, 6.07) is 20.2. The molecule has 5 aromatic rings. The first-order chi connectivity index (χ1) is 17.9. The number of aromatic nitrogens is 1. The van der Waals surface area contributed by atoms with Gasteiger partial charge in [-0.15, -0.1) is 23.1 Å². The highest BCUT2D eigenvalue weighted by Gasteiger charge is 2.30. The third kappa shape index (κ3) is 4.89. The van der Waals surface area contributed by atoms with Crippen LogP contribution in [0.15, 0.2) is 81.6 Å². The Bertz CT molecular complexity index is 1650. The van der Waals surface area contributed by atoms with Gasteiger partial charge in [0.25, 0.3) is 0 Å². The number of carbonyl (C=O) groups excluding carboxylic acids is 3. The van der Waals surface area contributed by atoms with Gasteiger partial charge in [-0.25, -0.2) is 4.79 Å². The smallest absolute Gasteiger partial charge is 0.341 e. The number of nitrogens with zero attached hydrogens (tertiary/aromatic N) is 1. The van der Waals surface area contributed by atoms with E-state index in [9.17, 15) is 14.4 Å². The number of hydrogen-bond acceptors (Lipinski definition) is 6. The SMILES string of the molecule is CCOC(=O)c1c2c(C(=O)c3ccccc3)sc(SCC(=O)c3ccc(Br)cc3)c2n2ccc(C)cc12. The zero-order chi connectivity index (χ0) is 26.1. The van der Waals surface area contributed by atoms with Crippen LogP contribution in [0.1, 0.15) is 48.4 Å². The minimum absolute atomic E-state index is 0.0164. The molecule has 5 rings (SSSR count). The van der Waals surface area contributed by atoms with Gasteiger partial charge in [0, 0.05) is 27.2 Å². The number of aryl methyl sites for hydroxylation is 1. The minimum atomic E-state index is -0.469. The molecule has 0 amide bonds. The molecular weight excluding hydrogens is 570 g/mol. The van der Waals surface area contributed by atoms with Crippen LogP contribution in [-0.4, -0.2) is 34.3 Å². The van der Waals surface area contributed by atoms with E-state index in [0.717, 1.165) is 19.8 Å². The molecule has 0 spiro atoms. The molecule has 0 fully saturated rings. The van der Waals surface area contributed by atoms with Crippen LogP contribution in [0.5, 0.6) is 0 Å². The number of thioether (sulfide) groups is 1. The molecule has 0 aliphatic rings. The maximum atomic E-state index is 13.7. The van der Waals surface area contributed by atoms with Gasteiger partial charge in [0.05, 0.1) is 38.0 Å². The first kappa shape index (κ1) is 25.4. The van der Waals surface area contributed by atoms with Crippen molar-refractivity contribution in [1.29, 1.82) is 0 Å². The number of pyridine rings is 1. The highest BCUT2D eigenvalue weighted by atomic mass is 79.9.